The highest BCUT2D eigenvalue weighted by Gasteiger charge is 2.37. The van der Waals surface area contributed by atoms with Gasteiger partial charge in [0.05, 0.1) is 23.0 Å². The smallest absolute Gasteiger partial charge is 0.0834 e. The first kappa shape index (κ1) is 16.8. The van der Waals surface area contributed by atoms with Crippen LogP contribution in [-0.2, 0) is 0 Å². The molecule has 1 aromatic rings. The number of hydrogen-bond acceptors (Lipinski definition) is 3. The van der Waals surface area contributed by atoms with Crippen molar-refractivity contribution in [1.29, 1.82) is 0 Å². The van der Waals surface area contributed by atoms with Crippen molar-refractivity contribution in [2.75, 3.05) is 13.1 Å². The van der Waals surface area contributed by atoms with Gasteiger partial charge in [0.25, 0.3) is 0 Å². The summed E-state index contributed by atoms with van der Waals surface area (Å²) in [6.45, 7) is 10.9. The predicted molar refractivity (Wildman–Crippen MR) is 88.7 cm³/mol. The molecule has 5 heteroatoms. The van der Waals surface area contributed by atoms with Gasteiger partial charge in [0.15, 0.2) is 0 Å². The molecule has 0 spiro atoms. The first-order chi connectivity index (χ1) is 9.85. The van der Waals surface area contributed by atoms with Gasteiger partial charge in [-0.25, -0.2) is 0 Å². The molecule has 0 saturated carbocycles. The van der Waals surface area contributed by atoms with E-state index in [0.29, 0.717) is 5.02 Å². The average molecular weight is 313 g/mol. The summed E-state index contributed by atoms with van der Waals surface area (Å²) in [5, 5.41) is 5.08. The summed E-state index contributed by atoms with van der Waals surface area (Å²) in [5.41, 5.74) is 7.49. The minimum Gasteiger partial charge on any atom is -0.321 e. The summed E-state index contributed by atoms with van der Waals surface area (Å²) in [7, 11) is 0. The molecule has 2 N–H and O–H groups in total. The van der Waals surface area contributed by atoms with Gasteiger partial charge in [0.2, 0.25) is 0 Å². The molecule has 120 valence electrons. The standard InChI is InChI=1S/C16H29ClN4/c1-12(2)21-14(13(17)11-19-21)15(18)16(3,4)20-9-7-5-6-8-10-20/h11-12,15H,5-10,18H2,1-4H3. The SMILES string of the molecule is CC(C)n1ncc(Cl)c1C(N)C(C)(C)N1CCCCCC1. The first-order valence-electron chi connectivity index (χ1n) is 8.09. The minimum absolute atomic E-state index is 0.124. The Morgan fingerprint density at radius 1 is 1.19 bits per heavy atom. The van der Waals surface area contributed by atoms with E-state index in [4.69, 9.17) is 17.3 Å². The largest absolute Gasteiger partial charge is 0.321 e. The van der Waals surface area contributed by atoms with E-state index in [0.717, 1.165) is 18.8 Å². The van der Waals surface area contributed by atoms with Crippen molar-refractivity contribution in [3.8, 4) is 0 Å². The van der Waals surface area contributed by atoms with Crippen molar-refractivity contribution < 1.29 is 0 Å². The number of likely N-dealkylation sites (tertiary alicyclic amines) is 1. The van der Waals surface area contributed by atoms with E-state index >= 15 is 0 Å². The molecule has 0 bridgehead atoms. The zero-order chi connectivity index (χ0) is 15.6. The molecule has 21 heavy (non-hydrogen) atoms. The summed E-state index contributed by atoms with van der Waals surface area (Å²) in [4.78, 5) is 2.53. The number of rotatable bonds is 4. The molecule has 1 unspecified atom stereocenters. The third kappa shape index (κ3) is 3.43. The molecule has 0 amide bonds. The summed E-state index contributed by atoms with van der Waals surface area (Å²) in [5.74, 6) is 0. The first-order valence-corrected chi connectivity index (χ1v) is 8.47. The van der Waals surface area contributed by atoms with Gasteiger partial charge >= 0.3 is 0 Å². The van der Waals surface area contributed by atoms with Crippen molar-refractivity contribution in [3.05, 3.63) is 16.9 Å². The fourth-order valence-electron chi connectivity index (χ4n) is 3.23. The molecule has 2 heterocycles. The maximum atomic E-state index is 6.65. The fraction of sp³-hybridized carbons (Fsp3) is 0.812. The Hall–Kier alpha value is -0.580. The van der Waals surface area contributed by atoms with E-state index in [9.17, 15) is 0 Å². The summed E-state index contributed by atoms with van der Waals surface area (Å²) in [6, 6.07) is 0.117. The number of aromatic nitrogens is 2. The molecule has 1 fully saturated rings. The van der Waals surface area contributed by atoms with Crippen molar-refractivity contribution in [2.24, 2.45) is 5.73 Å². The summed E-state index contributed by atoms with van der Waals surface area (Å²) in [6.07, 6.45) is 6.88. The Balaban J connectivity index is 2.28. The number of nitrogens with zero attached hydrogens (tertiary/aromatic N) is 3. The summed E-state index contributed by atoms with van der Waals surface area (Å²) >= 11 is 6.38. The van der Waals surface area contributed by atoms with E-state index in [2.05, 4.69) is 37.7 Å². The van der Waals surface area contributed by atoms with E-state index in [1.165, 1.54) is 25.7 Å². The molecule has 1 saturated heterocycles. The minimum atomic E-state index is -0.145. The normalized spacial score (nSPS) is 19.8. The van der Waals surface area contributed by atoms with Crippen molar-refractivity contribution in [3.63, 3.8) is 0 Å². The number of nitrogens with two attached hydrogens (primary N) is 1. The van der Waals surface area contributed by atoms with Crippen LogP contribution in [0.3, 0.4) is 0 Å². The van der Waals surface area contributed by atoms with Crippen molar-refractivity contribution in [2.45, 2.75) is 71.0 Å². The van der Waals surface area contributed by atoms with Gasteiger partial charge in [-0.3, -0.25) is 9.58 Å². The molecule has 1 atom stereocenters. The molecule has 0 aliphatic carbocycles. The molecule has 1 aromatic heterocycles. The van der Waals surface area contributed by atoms with Crippen molar-refractivity contribution in [1.82, 2.24) is 14.7 Å². The molecule has 2 rings (SSSR count). The van der Waals surface area contributed by atoms with Crippen LogP contribution in [0.2, 0.25) is 5.02 Å². The second-order valence-corrected chi connectivity index (χ2v) is 7.36. The van der Waals surface area contributed by atoms with Gasteiger partial charge in [-0.2, -0.15) is 5.10 Å². The van der Waals surface area contributed by atoms with Crippen LogP contribution < -0.4 is 5.73 Å². The monoisotopic (exact) mass is 312 g/mol. The average Bonchev–Trinajstić information content (AvgIpc) is 2.65. The lowest BCUT2D eigenvalue weighted by Gasteiger charge is -2.42. The van der Waals surface area contributed by atoms with Gasteiger partial charge in [0.1, 0.15) is 0 Å². The highest BCUT2D eigenvalue weighted by Crippen LogP contribution is 2.35. The molecule has 1 aliphatic rings. The zero-order valence-electron chi connectivity index (χ0n) is 13.8. The molecule has 4 nitrogen and oxygen atoms in total. The Bertz CT molecular complexity index is 459. The Labute approximate surface area is 133 Å². The van der Waals surface area contributed by atoms with Gasteiger partial charge in [0, 0.05) is 11.6 Å². The predicted octanol–water partition coefficient (Wildman–Crippen LogP) is 3.77. The fourth-order valence-corrected chi connectivity index (χ4v) is 3.48. The molecular formula is C16H29ClN4. The Morgan fingerprint density at radius 2 is 1.76 bits per heavy atom. The van der Waals surface area contributed by atoms with E-state index in [1.807, 2.05) is 4.68 Å². The van der Waals surface area contributed by atoms with Crippen LogP contribution in [0.4, 0.5) is 0 Å². The molecule has 1 aliphatic heterocycles. The van der Waals surface area contributed by atoms with Crippen molar-refractivity contribution >= 4 is 11.6 Å². The van der Waals surface area contributed by atoms with Gasteiger partial charge in [-0.15, -0.1) is 0 Å². The maximum absolute atomic E-state index is 6.65. The molecule has 0 aromatic carbocycles. The number of hydrogen-bond donors (Lipinski definition) is 1. The summed E-state index contributed by atoms with van der Waals surface area (Å²) < 4.78 is 1.96. The third-order valence-electron chi connectivity index (χ3n) is 4.75. The van der Waals surface area contributed by atoms with Crippen LogP contribution in [0.1, 0.15) is 71.2 Å². The van der Waals surface area contributed by atoms with E-state index < -0.39 is 0 Å². The van der Waals surface area contributed by atoms with Gasteiger partial charge < -0.3 is 5.73 Å². The van der Waals surface area contributed by atoms with Gasteiger partial charge in [-0.05, 0) is 53.6 Å². The third-order valence-corrected chi connectivity index (χ3v) is 5.04. The van der Waals surface area contributed by atoms with Crippen LogP contribution in [0.15, 0.2) is 6.20 Å². The zero-order valence-corrected chi connectivity index (χ0v) is 14.5. The second-order valence-electron chi connectivity index (χ2n) is 6.95. The van der Waals surface area contributed by atoms with E-state index in [1.54, 1.807) is 6.20 Å². The van der Waals surface area contributed by atoms with E-state index in [-0.39, 0.29) is 17.6 Å². The maximum Gasteiger partial charge on any atom is 0.0834 e. The lowest BCUT2D eigenvalue weighted by Crippen LogP contribution is -2.52. The van der Waals surface area contributed by atoms with Crippen LogP contribution >= 0.6 is 11.6 Å². The molecule has 0 radical (unpaired) electrons. The Kier molecular flexibility index (Phi) is 5.33. The number of halogens is 1. The van der Waals surface area contributed by atoms with Crippen LogP contribution in [0.5, 0.6) is 0 Å². The van der Waals surface area contributed by atoms with Gasteiger partial charge in [-0.1, -0.05) is 24.4 Å². The lowest BCUT2D eigenvalue weighted by atomic mass is 9.90. The highest BCUT2D eigenvalue weighted by molar-refractivity contribution is 6.31. The topological polar surface area (TPSA) is 47.1 Å². The van der Waals surface area contributed by atoms with Crippen LogP contribution in [-0.4, -0.2) is 33.3 Å². The second kappa shape index (κ2) is 6.67. The lowest BCUT2D eigenvalue weighted by molar-refractivity contribution is 0.0944. The Morgan fingerprint density at radius 3 is 2.29 bits per heavy atom. The quantitative estimate of drug-likeness (QED) is 0.920. The highest BCUT2D eigenvalue weighted by atomic mass is 35.5. The van der Waals surface area contributed by atoms with Crippen LogP contribution in [0.25, 0.3) is 0 Å². The molecular weight excluding hydrogens is 284 g/mol. The van der Waals surface area contributed by atoms with Crippen LogP contribution in [0, 0.1) is 0 Å².